The Bertz CT molecular complexity index is 1030. The van der Waals surface area contributed by atoms with Gasteiger partial charge in [0.25, 0.3) is 0 Å². The zero-order chi connectivity index (χ0) is 18.4. The van der Waals surface area contributed by atoms with Crippen molar-refractivity contribution in [2.24, 2.45) is 10.7 Å². The molecule has 0 bridgehead atoms. The number of fused-ring (bicyclic) bond motifs is 1. The van der Waals surface area contributed by atoms with Crippen LogP contribution in [0.15, 0.2) is 58.4 Å². The monoisotopic (exact) mass is 378 g/mol. The van der Waals surface area contributed by atoms with Crippen LogP contribution >= 0.6 is 11.6 Å². The smallest absolute Gasteiger partial charge is 0.352 e. The summed E-state index contributed by atoms with van der Waals surface area (Å²) in [4.78, 5) is 27.7. The SMILES string of the molecule is NC(=O)C1(S(=O)(=O)c2ccccc2)C(C(=O)O)=Nc2ccc(Cl)cc21. The summed E-state index contributed by atoms with van der Waals surface area (Å²) in [5.74, 6) is -3.02. The van der Waals surface area contributed by atoms with Crippen LogP contribution in [0.3, 0.4) is 0 Å². The molecule has 25 heavy (non-hydrogen) atoms. The highest BCUT2D eigenvalue weighted by atomic mass is 35.5. The number of aliphatic carboxylic acids is 1. The lowest BCUT2D eigenvalue weighted by atomic mass is 9.94. The number of hydrogen-bond donors (Lipinski definition) is 2. The Morgan fingerprint density at radius 1 is 1.12 bits per heavy atom. The van der Waals surface area contributed by atoms with Gasteiger partial charge in [0.05, 0.1) is 10.6 Å². The van der Waals surface area contributed by atoms with Gasteiger partial charge in [-0.3, -0.25) is 4.79 Å². The summed E-state index contributed by atoms with van der Waals surface area (Å²) in [5, 5.41) is 9.63. The number of nitrogens with two attached hydrogens (primary N) is 1. The van der Waals surface area contributed by atoms with Crippen LogP contribution in [-0.4, -0.2) is 31.1 Å². The maximum Gasteiger partial charge on any atom is 0.352 e. The fraction of sp³-hybridized carbons (Fsp3) is 0.0625. The van der Waals surface area contributed by atoms with Gasteiger partial charge in [-0.05, 0) is 30.3 Å². The molecule has 2 aromatic carbocycles. The summed E-state index contributed by atoms with van der Waals surface area (Å²) < 4.78 is 23.9. The fourth-order valence-electron chi connectivity index (χ4n) is 2.84. The number of primary amides is 1. The van der Waals surface area contributed by atoms with Crippen molar-refractivity contribution in [3.63, 3.8) is 0 Å². The van der Waals surface area contributed by atoms with E-state index in [1.54, 1.807) is 6.07 Å². The van der Waals surface area contributed by atoms with E-state index < -0.39 is 32.2 Å². The molecule has 0 saturated heterocycles. The minimum atomic E-state index is -4.57. The molecule has 0 saturated carbocycles. The van der Waals surface area contributed by atoms with Crippen molar-refractivity contribution < 1.29 is 23.1 Å². The summed E-state index contributed by atoms with van der Waals surface area (Å²) in [6.45, 7) is 0. The molecular weight excluding hydrogens is 368 g/mol. The molecule has 0 fully saturated rings. The highest BCUT2D eigenvalue weighted by Gasteiger charge is 2.62. The van der Waals surface area contributed by atoms with E-state index in [0.717, 1.165) is 0 Å². The number of amides is 1. The van der Waals surface area contributed by atoms with Crippen LogP contribution in [0.5, 0.6) is 0 Å². The summed E-state index contributed by atoms with van der Waals surface area (Å²) in [7, 11) is -4.57. The second-order valence-electron chi connectivity index (χ2n) is 5.29. The van der Waals surface area contributed by atoms with E-state index in [2.05, 4.69) is 4.99 Å². The predicted octanol–water partition coefficient (Wildman–Crippen LogP) is 1.67. The summed E-state index contributed by atoms with van der Waals surface area (Å²) in [5.41, 5.74) is 4.41. The Morgan fingerprint density at radius 3 is 2.32 bits per heavy atom. The Labute approximate surface area is 147 Å². The molecule has 0 spiro atoms. The van der Waals surface area contributed by atoms with Crippen LogP contribution < -0.4 is 5.73 Å². The number of hydrogen-bond acceptors (Lipinski definition) is 5. The van der Waals surface area contributed by atoms with E-state index in [9.17, 15) is 23.1 Å². The first-order valence-corrected chi connectivity index (χ1v) is 8.81. The third kappa shape index (κ3) is 2.25. The molecule has 1 unspecified atom stereocenters. The van der Waals surface area contributed by atoms with Gasteiger partial charge in [-0.1, -0.05) is 29.8 Å². The second-order valence-corrected chi connectivity index (χ2v) is 7.82. The van der Waals surface area contributed by atoms with Gasteiger partial charge in [0, 0.05) is 10.6 Å². The van der Waals surface area contributed by atoms with Crippen molar-refractivity contribution in [3.05, 3.63) is 59.1 Å². The Morgan fingerprint density at radius 2 is 1.76 bits per heavy atom. The number of aliphatic imine (C=N–C) groups is 1. The molecule has 3 rings (SSSR count). The number of halogens is 1. The lowest BCUT2D eigenvalue weighted by Crippen LogP contribution is -2.54. The molecule has 9 heteroatoms. The summed E-state index contributed by atoms with van der Waals surface area (Å²) in [6, 6.07) is 10.9. The van der Waals surface area contributed by atoms with Crippen LogP contribution in [0.2, 0.25) is 5.02 Å². The van der Waals surface area contributed by atoms with Crippen molar-refractivity contribution in [1.82, 2.24) is 0 Å². The number of sulfone groups is 1. The quantitative estimate of drug-likeness (QED) is 0.836. The molecule has 1 aliphatic heterocycles. The standard InChI is InChI=1S/C16H11ClN2O5S/c17-9-6-7-12-11(8-9)16(15(18)22,13(19-12)14(20)21)25(23,24)10-4-2-1-3-5-10/h1-8H,(H2,18,22)(H,20,21). The first kappa shape index (κ1) is 17.1. The predicted molar refractivity (Wildman–Crippen MR) is 90.7 cm³/mol. The van der Waals surface area contributed by atoms with Crippen molar-refractivity contribution in [2.75, 3.05) is 0 Å². The van der Waals surface area contributed by atoms with Gasteiger partial charge in [-0.2, -0.15) is 0 Å². The number of nitrogens with zero attached hydrogens (tertiary/aromatic N) is 1. The molecule has 128 valence electrons. The molecule has 3 N–H and O–H groups in total. The number of rotatable bonds is 4. The average Bonchev–Trinajstić information content (AvgIpc) is 2.91. The van der Waals surface area contributed by atoms with Gasteiger partial charge in [-0.25, -0.2) is 18.2 Å². The molecule has 0 radical (unpaired) electrons. The molecule has 1 amide bonds. The number of carbonyl (C=O) groups is 2. The molecule has 7 nitrogen and oxygen atoms in total. The van der Waals surface area contributed by atoms with E-state index in [1.807, 2.05) is 0 Å². The first-order chi connectivity index (χ1) is 11.7. The van der Waals surface area contributed by atoms with E-state index >= 15 is 0 Å². The first-order valence-electron chi connectivity index (χ1n) is 6.95. The Hall–Kier alpha value is -2.71. The van der Waals surface area contributed by atoms with Gasteiger partial charge in [0.1, 0.15) is 0 Å². The molecule has 1 heterocycles. The molecule has 0 aliphatic carbocycles. The van der Waals surface area contributed by atoms with E-state index in [-0.39, 0.29) is 21.2 Å². The minimum Gasteiger partial charge on any atom is -0.477 e. The summed E-state index contributed by atoms with van der Waals surface area (Å²) >= 11 is 5.93. The molecular formula is C16H11ClN2O5S. The van der Waals surface area contributed by atoms with Crippen LogP contribution in [-0.2, 0) is 24.2 Å². The van der Waals surface area contributed by atoms with E-state index in [4.69, 9.17) is 17.3 Å². The average molecular weight is 379 g/mol. The molecule has 0 aromatic heterocycles. The van der Waals surface area contributed by atoms with Crippen molar-refractivity contribution >= 4 is 44.7 Å². The largest absolute Gasteiger partial charge is 0.477 e. The molecule has 1 atom stereocenters. The van der Waals surface area contributed by atoms with Gasteiger partial charge in [-0.15, -0.1) is 0 Å². The topological polar surface area (TPSA) is 127 Å². The minimum absolute atomic E-state index is 0.0140. The van der Waals surface area contributed by atoms with Gasteiger partial charge >= 0.3 is 5.97 Å². The highest BCUT2D eigenvalue weighted by molar-refractivity contribution is 7.94. The normalized spacial score (nSPS) is 19.2. The summed E-state index contributed by atoms with van der Waals surface area (Å²) in [6.07, 6.45) is 0. The molecule has 1 aliphatic rings. The highest BCUT2D eigenvalue weighted by Crippen LogP contribution is 2.47. The number of carbonyl (C=O) groups excluding carboxylic acids is 1. The number of carboxylic acids is 1. The lowest BCUT2D eigenvalue weighted by Gasteiger charge is -2.27. The second kappa shape index (κ2) is 5.68. The van der Waals surface area contributed by atoms with Gasteiger partial charge in [0.15, 0.2) is 5.71 Å². The molecule has 2 aromatic rings. The van der Waals surface area contributed by atoms with Gasteiger partial charge < -0.3 is 10.8 Å². The van der Waals surface area contributed by atoms with Crippen LogP contribution in [0.4, 0.5) is 5.69 Å². The number of carboxylic acid groups (broad SMARTS) is 1. The van der Waals surface area contributed by atoms with Crippen molar-refractivity contribution in [3.8, 4) is 0 Å². The third-order valence-electron chi connectivity index (χ3n) is 3.91. The zero-order valence-electron chi connectivity index (χ0n) is 12.5. The zero-order valence-corrected chi connectivity index (χ0v) is 14.1. The van der Waals surface area contributed by atoms with Crippen LogP contribution in [0, 0.1) is 0 Å². The van der Waals surface area contributed by atoms with Crippen LogP contribution in [0.25, 0.3) is 0 Å². The van der Waals surface area contributed by atoms with Crippen molar-refractivity contribution in [1.29, 1.82) is 0 Å². The van der Waals surface area contributed by atoms with Gasteiger partial charge in [0.2, 0.25) is 20.5 Å². The third-order valence-corrected chi connectivity index (χ3v) is 6.46. The van der Waals surface area contributed by atoms with E-state index in [1.165, 1.54) is 42.5 Å². The Kier molecular flexibility index (Phi) is 3.89. The maximum absolute atomic E-state index is 13.3. The van der Waals surface area contributed by atoms with E-state index in [0.29, 0.717) is 0 Å². The fourth-order valence-corrected chi connectivity index (χ4v) is 4.99. The van der Waals surface area contributed by atoms with Crippen molar-refractivity contribution in [2.45, 2.75) is 9.64 Å². The van der Waals surface area contributed by atoms with Crippen LogP contribution in [0.1, 0.15) is 5.56 Å². The maximum atomic E-state index is 13.3. The lowest BCUT2D eigenvalue weighted by molar-refractivity contribution is -0.130. The number of benzene rings is 2. The Balaban J connectivity index is 2.46.